The minimum atomic E-state index is 0.173. The van der Waals surface area contributed by atoms with Crippen LogP contribution in [0.1, 0.15) is 51.4 Å². The molecule has 6 nitrogen and oxygen atoms in total. The van der Waals surface area contributed by atoms with Crippen molar-refractivity contribution in [3.63, 3.8) is 0 Å². The summed E-state index contributed by atoms with van der Waals surface area (Å²) in [5.41, 5.74) is 3.37. The van der Waals surface area contributed by atoms with Crippen LogP contribution in [0.4, 0.5) is 0 Å². The lowest BCUT2D eigenvalue weighted by molar-refractivity contribution is -0.0253. The topological polar surface area (TPSA) is 51.8 Å². The second kappa shape index (κ2) is 7.41. The zero-order chi connectivity index (χ0) is 16.6. The summed E-state index contributed by atoms with van der Waals surface area (Å²) in [6.07, 6.45) is 11.8. The highest BCUT2D eigenvalue weighted by atomic mass is 16.7. The number of nitrogens with zero attached hydrogens (tertiary/aromatic N) is 2. The van der Waals surface area contributed by atoms with Crippen LogP contribution < -0.4 is 16.1 Å². The first-order valence-electron chi connectivity index (χ1n) is 10.8. The standard InChI is InChI=1S/C19H35N5O/c1-2-10-23(9-1)17-12-15(7-8-20-17)18-21-19(25-22-18)16-4-3-11-24(16)13-14-5-6-14/h14-22H,1-13H2. The molecule has 4 heterocycles. The lowest BCUT2D eigenvalue weighted by Gasteiger charge is -2.38. The Labute approximate surface area is 152 Å². The minimum absolute atomic E-state index is 0.173. The number of likely N-dealkylation sites (tertiary alicyclic amines) is 2. The van der Waals surface area contributed by atoms with Crippen LogP contribution in [0.25, 0.3) is 0 Å². The molecule has 25 heavy (non-hydrogen) atoms. The van der Waals surface area contributed by atoms with Crippen molar-refractivity contribution in [1.82, 2.24) is 25.9 Å². The normalized spacial score (nSPS) is 43.9. The molecule has 5 fully saturated rings. The van der Waals surface area contributed by atoms with Crippen LogP contribution in [-0.4, -0.2) is 67.1 Å². The molecule has 4 aliphatic heterocycles. The van der Waals surface area contributed by atoms with E-state index in [0.29, 0.717) is 24.3 Å². The van der Waals surface area contributed by atoms with Crippen molar-refractivity contribution in [3.8, 4) is 0 Å². The Morgan fingerprint density at radius 3 is 2.68 bits per heavy atom. The zero-order valence-electron chi connectivity index (χ0n) is 15.5. The molecule has 0 aromatic heterocycles. The number of hydrogen-bond donors (Lipinski definition) is 3. The van der Waals surface area contributed by atoms with Gasteiger partial charge in [-0.2, -0.15) is 5.48 Å². The van der Waals surface area contributed by atoms with Crippen LogP contribution >= 0.6 is 0 Å². The summed E-state index contributed by atoms with van der Waals surface area (Å²) < 4.78 is 0. The Hall–Kier alpha value is -0.240. The molecule has 0 radical (unpaired) electrons. The number of nitrogens with one attached hydrogen (secondary N) is 3. The average Bonchev–Trinajstić information content (AvgIpc) is 3.08. The van der Waals surface area contributed by atoms with Gasteiger partial charge in [-0.1, -0.05) is 0 Å². The van der Waals surface area contributed by atoms with Crippen molar-refractivity contribution in [2.75, 3.05) is 32.7 Å². The van der Waals surface area contributed by atoms with Gasteiger partial charge in [-0.3, -0.25) is 20.0 Å². The van der Waals surface area contributed by atoms with E-state index in [2.05, 4.69) is 25.9 Å². The van der Waals surface area contributed by atoms with Crippen molar-refractivity contribution in [2.45, 2.75) is 76.0 Å². The molecule has 0 aromatic rings. The van der Waals surface area contributed by atoms with Crippen molar-refractivity contribution >= 4 is 0 Å². The Morgan fingerprint density at radius 2 is 1.84 bits per heavy atom. The smallest absolute Gasteiger partial charge is 0.146 e. The van der Waals surface area contributed by atoms with Crippen LogP contribution in [0.2, 0.25) is 0 Å². The molecular formula is C19H35N5O. The molecular weight excluding hydrogens is 314 g/mol. The second-order valence-electron chi connectivity index (χ2n) is 8.95. The SMILES string of the molecule is C1CCN(C2CC(C3NOC(C4CCCN4CC4CC4)N3)CCN2)C1. The number of hydrogen-bond acceptors (Lipinski definition) is 6. The molecule has 5 rings (SSSR count). The van der Waals surface area contributed by atoms with Gasteiger partial charge in [0.15, 0.2) is 0 Å². The maximum Gasteiger partial charge on any atom is 0.146 e. The van der Waals surface area contributed by atoms with Gasteiger partial charge in [-0.25, -0.2) is 0 Å². The van der Waals surface area contributed by atoms with Gasteiger partial charge in [-0.05, 0) is 89.4 Å². The predicted molar refractivity (Wildman–Crippen MR) is 97.6 cm³/mol. The molecule has 4 saturated heterocycles. The van der Waals surface area contributed by atoms with Crippen LogP contribution in [0.5, 0.6) is 0 Å². The molecule has 0 aromatic carbocycles. The summed E-state index contributed by atoms with van der Waals surface area (Å²) in [5, 5.41) is 7.55. The highest BCUT2D eigenvalue weighted by Crippen LogP contribution is 2.34. The summed E-state index contributed by atoms with van der Waals surface area (Å²) in [6.45, 7) is 6.23. The number of hydroxylamine groups is 1. The van der Waals surface area contributed by atoms with E-state index < -0.39 is 0 Å². The fourth-order valence-corrected chi connectivity index (χ4v) is 5.42. The molecule has 3 N–H and O–H groups in total. The van der Waals surface area contributed by atoms with E-state index in [1.807, 2.05) is 0 Å². The summed E-state index contributed by atoms with van der Waals surface area (Å²) in [4.78, 5) is 11.4. The maximum atomic E-state index is 6.06. The van der Waals surface area contributed by atoms with Gasteiger partial charge in [0, 0.05) is 6.54 Å². The Morgan fingerprint density at radius 1 is 0.960 bits per heavy atom. The van der Waals surface area contributed by atoms with E-state index in [9.17, 15) is 0 Å². The molecule has 5 aliphatic rings. The van der Waals surface area contributed by atoms with E-state index in [1.165, 1.54) is 77.5 Å². The first kappa shape index (κ1) is 16.9. The van der Waals surface area contributed by atoms with Crippen LogP contribution in [0.15, 0.2) is 0 Å². The third kappa shape index (κ3) is 3.75. The third-order valence-corrected chi connectivity index (χ3v) is 7.09. The molecule has 5 atom stereocenters. The Balaban J connectivity index is 1.16. The van der Waals surface area contributed by atoms with Gasteiger partial charge in [0.1, 0.15) is 6.23 Å². The van der Waals surface area contributed by atoms with Crippen molar-refractivity contribution in [1.29, 1.82) is 0 Å². The van der Waals surface area contributed by atoms with E-state index in [4.69, 9.17) is 4.84 Å². The first-order chi connectivity index (χ1) is 12.4. The second-order valence-corrected chi connectivity index (χ2v) is 8.95. The molecule has 0 spiro atoms. The van der Waals surface area contributed by atoms with E-state index in [0.717, 1.165) is 12.5 Å². The fourth-order valence-electron chi connectivity index (χ4n) is 5.42. The summed E-state index contributed by atoms with van der Waals surface area (Å²) in [5.74, 6) is 1.63. The monoisotopic (exact) mass is 349 g/mol. The fraction of sp³-hybridized carbons (Fsp3) is 1.00. The van der Waals surface area contributed by atoms with Crippen LogP contribution in [0.3, 0.4) is 0 Å². The summed E-state index contributed by atoms with van der Waals surface area (Å²) in [7, 11) is 0. The summed E-state index contributed by atoms with van der Waals surface area (Å²) >= 11 is 0. The molecule has 1 saturated carbocycles. The van der Waals surface area contributed by atoms with Gasteiger partial charge < -0.3 is 5.32 Å². The lowest BCUT2D eigenvalue weighted by Crippen LogP contribution is -2.54. The molecule has 6 heteroatoms. The first-order valence-corrected chi connectivity index (χ1v) is 10.8. The maximum absolute atomic E-state index is 6.06. The minimum Gasteiger partial charge on any atom is -0.302 e. The van der Waals surface area contributed by atoms with E-state index in [-0.39, 0.29) is 6.23 Å². The highest BCUT2D eigenvalue weighted by molar-refractivity contribution is 4.93. The van der Waals surface area contributed by atoms with Gasteiger partial charge in [0.2, 0.25) is 0 Å². The van der Waals surface area contributed by atoms with Crippen molar-refractivity contribution in [2.24, 2.45) is 11.8 Å². The predicted octanol–water partition coefficient (Wildman–Crippen LogP) is 1.06. The van der Waals surface area contributed by atoms with E-state index >= 15 is 0 Å². The summed E-state index contributed by atoms with van der Waals surface area (Å²) in [6, 6.07) is 0.564. The third-order valence-electron chi connectivity index (χ3n) is 7.09. The average molecular weight is 350 g/mol. The van der Waals surface area contributed by atoms with Gasteiger partial charge in [-0.15, -0.1) is 0 Å². The molecule has 5 unspecified atom stereocenters. The van der Waals surface area contributed by atoms with Crippen LogP contribution in [-0.2, 0) is 4.84 Å². The molecule has 1 aliphatic carbocycles. The highest BCUT2D eigenvalue weighted by Gasteiger charge is 2.42. The molecule has 0 amide bonds. The molecule has 0 bridgehead atoms. The van der Waals surface area contributed by atoms with E-state index in [1.54, 1.807) is 0 Å². The van der Waals surface area contributed by atoms with Gasteiger partial charge in [0.05, 0.1) is 18.4 Å². The van der Waals surface area contributed by atoms with Crippen molar-refractivity contribution < 1.29 is 4.84 Å². The molecule has 142 valence electrons. The lowest BCUT2D eigenvalue weighted by atomic mass is 9.92. The Bertz CT molecular complexity index is 453. The van der Waals surface area contributed by atoms with Crippen molar-refractivity contribution in [3.05, 3.63) is 0 Å². The van der Waals surface area contributed by atoms with Crippen LogP contribution in [0, 0.1) is 11.8 Å². The quantitative estimate of drug-likeness (QED) is 0.690. The number of rotatable bonds is 5. The van der Waals surface area contributed by atoms with Gasteiger partial charge >= 0.3 is 0 Å². The zero-order valence-corrected chi connectivity index (χ0v) is 15.5. The van der Waals surface area contributed by atoms with Gasteiger partial charge in [0.25, 0.3) is 0 Å². The number of piperidine rings is 1. The Kier molecular flexibility index (Phi) is 5.01. The largest absolute Gasteiger partial charge is 0.302 e.